The molecule has 0 saturated heterocycles. The number of hydrogen-bond donors (Lipinski definition) is 1. The third kappa shape index (κ3) is 2.61. The van der Waals surface area contributed by atoms with Crippen molar-refractivity contribution < 1.29 is 0 Å². The molecule has 0 aliphatic heterocycles. The number of fused-ring (bicyclic) bond motifs is 1. The first kappa shape index (κ1) is 12.0. The van der Waals surface area contributed by atoms with E-state index in [2.05, 4.69) is 36.0 Å². The van der Waals surface area contributed by atoms with E-state index in [4.69, 9.17) is 5.73 Å². The smallest absolute Gasteiger partial charge is 0.254 e. The molecule has 0 aromatic carbocycles. The van der Waals surface area contributed by atoms with Gasteiger partial charge in [-0.05, 0) is 17.9 Å². The van der Waals surface area contributed by atoms with Gasteiger partial charge in [0.1, 0.15) is 5.82 Å². The van der Waals surface area contributed by atoms with Gasteiger partial charge in [-0.1, -0.05) is 20.8 Å². The minimum absolute atomic E-state index is 0.217. The fraction of sp³-hybridized carbons (Fsp3) is 0.583. The first-order valence-electron chi connectivity index (χ1n) is 5.87. The minimum Gasteiger partial charge on any atom is -0.330 e. The van der Waals surface area contributed by atoms with Crippen molar-refractivity contribution in [1.29, 1.82) is 0 Å². The van der Waals surface area contributed by atoms with Crippen LogP contribution in [0.5, 0.6) is 0 Å². The molecule has 0 saturated carbocycles. The highest BCUT2D eigenvalue weighted by atomic mass is 15.3. The zero-order valence-corrected chi connectivity index (χ0v) is 10.6. The van der Waals surface area contributed by atoms with Crippen molar-refractivity contribution in [3.63, 3.8) is 0 Å². The predicted molar refractivity (Wildman–Crippen MR) is 66.6 cm³/mol. The maximum absolute atomic E-state index is 5.86. The highest BCUT2D eigenvalue weighted by molar-refractivity contribution is 5.27. The third-order valence-corrected chi connectivity index (χ3v) is 2.72. The molecule has 0 aliphatic rings. The van der Waals surface area contributed by atoms with Crippen LogP contribution in [0.15, 0.2) is 18.5 Å². The monoisotopic (exact) mass is 233 g/mol. The Morgan fingerprint density at radius 3 is 2.76 bits per heavy atom. The molecular weight excluding hydrogens is 214 g/mol. The Kier molecular flexibility index (Phi) is 3.11. The second kappa shape index (κ2) is 4.41. The Morgan fingerprint density at radius 2 is 2.12 bits per heavy atom. The van der Waals surface area contributed by atoms with Crippen molar-refractivity contribution in [2.45, 2.75) is 33.1 Å². The predicted octanol–water partition coefficient (Wildman–Crippen LogP) is 1.60. The first-order chi connectivity index (χ1) is 8.01. The van der Waals surface area contributed by atoms with Gasteiger partial charge in [0.15, 0.2) is 0 Å². The van der Waals surface area contributed by atoms with Crippen LogP contribution in [0.25, 0.3) is 5.78 Å². The Bertz CT molecular complexity index is 497. The summed E-state index contributed by atoms with van der Waals surface area (Å²) >= 11 is 0. The lowest BCUT2D eigenvalue weighted by molar-refractivity contribution is 0.335. The largest absolute Gasteiger partial charge is 0.330 e. The fourth-order valence-electron chi connectivity index (χ4n) is 2.06. The highest BCUT2D eigenvalue weighted by Crippen LogP contribution is 2.29. The van der Waals surface area contributed by atoms with Crippen molar-refractivity contribution >= 4 is 5.78 Å². The van der Waals surface area contributed by atoms with Gasteiger partial charge in [-0.2, -0.15) is 0 Å². The van der Waals surface area contributed by atoms with E-state index in [1.165, 1.54) is 0 Å². The van der Waals surface area contributed by atoms with Gasteiger partial charge in [-0.3, -0.25) is 4.40 Å². The Hall–Kier alpha value is -1.49. The molecule has 2 aromatic heterocycles. The second-order valence-electron chi connectivity index (χ2n) is 5.55. The highest BCUT2D eigenvalue weighted by Gasteiger charge is 2.23. The van der Waals surface area contributed by atoms with E-state index in [1.807, 2.05) is 16.7 Å². The van der Waals surface area contributed by atoms with Gasteiger partial charge in [-0.25, -0.2) is 4.98 Å². The zero-order valence-electron chi connectivity index (χ0n) is 10.6. The van der Waals surface area contributed by atoms with Crippen molar-refractivity contribution in [2.75, 3.05) is 6.54 Å². The van der Waals surface area contributed by atoms with E-state index in [0.29, 0.717) is 12.3 Å². The van der Waals surface area contributed by atoms with Crippen LogP contribution in [0.3, 0.4) is 0 Å². The molecule has 92 valence electrons. The minimum atomic E-state index is 0.217. The zero-order chi connectivity index (χ0) is 12.5. The summed E-state index contributed by atoms with van der Waals surface area (Å²) in [5.74, 6) is 1.76. The molecule has 5 nitrogen and oxygen atoms in total. The third-order valence-electron chi connectivity index (χ3n) is 2.72. The van der Waals surface area contributed by atoms with Crippen LogP contribution in [-0.2, 0) is 0 Å². The summed E-state index contributed by atoms with van der Waals surface area (Å²) in [5, 5.41) is 8.28. The molecule has 0 bridgehead atoms. The number of rotatable bonds is 3. The van der Waals surface area contributed by atoms with Crippen LogP contribution in [0.1, 0.15) is 38.9 Å². The molecule has 17 heavy (non-hydrogen) atoms. The van der Waals surface area contributed by atoms with Crippen molar-refractivity contribution in [3.8, 4) is 0 Å². The Balaban J connectivity index is 2.37. The molecule has 0 spiro atoms. The molecule has 0 radical (unpaired) electrons. The lowest BCUT2D eigenvalue weighted by Crippen LogP contribution is -2.21. The lowest BCUT2D eigenvalue weighted by atomic mass is 9.84. The topological polar surface area (TPSA) is 69.1 Å². The maximum atomic E-state index is 5.86. The molecule has 5 heteroatoms. The average Bonchev–Trinajstić information content (AvgIpc) is 2.68. The van der Waals surface area contributed by atoms with E-state index in [0.717, 1.165) is 12.2 Å². The van der Waals surface area contributed by atoms with Crippen LogP contribution >= 0.6 is 0 Å². The van der Waals surface area contributed by atoms with Gasteiger partial charge in [0.2, 0.25) is 0 Å². The SMILES string of the molecule is CC(C)(C)CC(CN)c1nnc2ncccn12. The van der Waals surface area contributed by atoms with Crippen LogP contribution in [-0.4, -0.2) is 26.1 Å². The average molecular weight is 233 g/mol. The van der Waals surface area contributed by atoms with Crippen molar-refractivity contribution in [1.82, 2.24) is 19.6 Å². The molecule has 2 rings (SSSR count). The number of aromatic nitrogens is 4. The Morgan fingerprint density at radius 1 is 1.35 bits per heavy atom. The van der Waals surface area contributed by atoms with E-state index in [-0.39, 0.29) is 11.3 Å². The van der Waals surface area contributed by atoms with Crippen molar-refractivity contribution in [2.24, 2.45) is 11.1 Å². The molecule has 2 N–H and O–H groups in total. The van der Waals surface area contributed by atoms with Crippen LogP contribution in [0.2, 0.25) is 0 Å². The second-order valence-corrected chi connectivity index (χ2v) is 5.55. The van der Waals surface area contributed by atoms with Crippen LogP contribution < -0.4 is 5.73 Å². The fourth-order valence-corrected chi connectivity index (χ4v) is 2.06. The van der Waals surface area contributed by atoms with E-state index in [9.17, 15) is 0 Å². The molecule has 0 aliphatic carbocycles. The van der Waals surface area contributed by atoms with Gasteiger partial charge in [0.25, 0.3) is 5.78 Å². The maximum Gasteiger partial charge on any atom is 0.254 e. The summed E-state index contributed by atoms with van der Waals surface area (Å²) in [4.78, 5) is 4.16. The molecule has 1 atom stereocenters. The number of nitrogens with zero attached hydrogens (tertiary/aromatic N) is 4. The molecular formula is C12H19N5. The normalized spacial score (nSPS) is 14.1. The van der Waals surface area contributed by atoms with Crippen LogP contribution in [0.4, 0.5) is 0 Å². The van der Waals surface area contributed by atoms with Gasteiger partial charge in [0.05, 0.1) is 0 Å². The van der Waals surface area contributed by atoms with E-state index in [1.54, 1.807) is 6.20 Å². The van der Waals surface area contributed by atoms with Crippen molar-refractivity contribution in [3.05, 3.63) is 24.3 Å². The summed E-state index contributed by atoms with van der Waals surface area (Å²) in [6.45, 7) is 7.19. The summed E-state index contributed by atoms with van der Waals surface area (Å²) < 4.78 is 1.92. The quantitative estimate of drug-likeness (QED) is 0.874. The number of nitrogens with two attached hydrogens (primary N) is 1. The standard InChI is InChI=1S/C12H19N5/c1-12(2,3)7-9(8-13)10-15-16-11-14-5-4-6-17(10)11/h4-6,9H,7-8,13H2,1-3H3. The summed E-state index contributed by atoms with van der Waals surface area (Å²) in [6, 6.07) is 1.88. The van der Waals surface area contributed by atoms with E-state index >= 15 is 0 Å². The van der Waals surface area contributed by atoms with Gasteiger partial charge < -0.3 is 5.73 Å². The summed E-state index contributed by atoms with van der Waals surface area (Å²) in [6.07, 6.45) is 4.64. The molecule has 2 heterocycles. The van der Waals surface area contributed by atoms with E-state index < -0.39 is 0 Å². The molecule has 0 fully saturated rings. The summed E-state index contributed by atoms with van der Waals surface area (Å²) in [7, 11) is 0. The first-order valence-corrected chi connectivity index (χ1v) is 5.87. The van der Waals surface area contributed by atoms with Gasteiger partial charge >= 0.3 is 0 Å². The molecule has 0 amide bonds. The van der Waals surface area contributed by atoms with Crippen LogP contribution in [0, 0.1) is 5.41 Å². The summed E-state index contributed by atoms with van der Waals surface area (Å²) in [5.41, 5.74) is 6.08. The number of hydrogen-bond acceptors (Lipinski definition) is 4. The van der Waals surface area contributed by atoms with Gasteiger partial charge in [-0.15, -0.1) is 10.2 Å². The Labute approximate surface area is 101 Å². The lowest BCUT2D eigenvalue weighted by Gasteiger charge is -2.23. The molecule has 2 aromatic rings. The van der Waals surface area contributed by atoms with Gasteiger partial charge in [0, 0.05) is 24.9 Å². The molecule has 1 unspecified atom stereocenters.